The maximum atomic E-state index is 11.0. The molecule has 0 aromatic heterocycles. The Balaban J connectivity index is 1.89. The molecule has 0 spiro atoms. The van der Waals surface area contributed by atoms with Crippen LogP contribution in [0, 0.1) is 23.7 Å². The summed E-state index contributed by atoms with van der Waals surface area (Å²) in [6.45, 7) is 4.06. The maximum Gasteiger partial charge on any atom is 0.308 e. The standard InChI is InChI=1S/C15H17NO2/c1-12-10-16(11-14(12)15(17)18)9-5-8-13-6-3-2-4-7-13/h2-4,6-7,12,14H,9-11H2,1H3,(H,17,18)/t12-,14-/m1/s1. The van der Waals surface area contributed by atoms with Crippen molar-refractivity contribution in [3.63, 3.8) is 0 Å². The second-order valence-electron chi connectivity index (χ2n) is 4.78. The van der Waals surface area contributed by atoms with Crippen LogP contribution in [0.5, 0.6) is 0 Å². The zero-order chi connectivity index (χ0) is 13.0. The van der Waals surface area contributed by atoms with E-state index in [1.807, 2.05) is 37.3 Å². The highest BCUT2D eigenvalue weighted by atomic mass is 16.4. The Bertz CT molecular complexity index is 472. The summed E-state index contributed by atoms with van der Waals surface area (Å²) in [5, 5.41) is 9.04. The molecule has 0 aliphatic carbocycles. The third-order valence-corrected chi connectivity index (χ3v) is 3.31. The molecule has 1 aromatic rings. The molecule has 2 atom stereocenters. The van der Waals surface area contributed by atoms with Gasteiger partial charge in [-0.15, -0.1) is 0 Å². The summed E-state index contributed by atoms with van der Waals surface area (Å²) in [6, 6.07) is 9.83. The topological polar surface area (TPSA) is 40.5 Å². The van der Waals surface area contributed by atoms with Gasteiger partial charge in [0.05, 0.1) is 12.5 Å². The molecule has 0 radical (unpaired) electrons. The SMILES string of the molecule is C[C@@H]1CN(CC#Cc2ccccc2)C[C@H]1C(=O)O. The monoisotopic (exact) mass is 243 g/mol. The highest BCUT2D eigenvalue weighted by molar-refractivity contribution is 5.71. The van der Waals surface area contributed by atoms with Crippen molar-refractivity contribution in [3.8, 4) is 11.8 Å². The minimum Gasteiger partial charge on any atom is -0.481 e. The molecule has 18 heavy (non-hydrogen) atoms. The number of hydrogen-bond acceptors (Lipinski definition) is 2. The van der Waals surface area contributed by atoms with E-state index in [0.29, 0.717) is 13.1 Å². The second-order valence-corrected chi connectivity index (χ2v) is 4.78. The quantitative estimate of drug-likeness (QED) is 0.804. The lowest BCUT2D eigenvalue weighted by atomic mass is 9.99. The molecule has 2 rings (SSSR count). The number of hydrogen-bond donors (Lipinski definition) is 1. The third-order valence-electron chi connectivity index (χ3n) is 3.31. The van der Waals surface area contributed by atoms with Crippen molar-refractivity contribution < 1.29 is 9.90 Å². The average molecular weight is 243 g/mol. The van der Waals surface area contributed by atoms with E-state index in [0.717, 1.165) is 12.1 Å². The molecule has 94 valence electrons. The second kappa shape index (κ2) is 5.70. The van der Waals surface area contributed by atoms with E-state index in [4.69, 9.17) is 5.11 Å². The number of carboxylic acids is 1. The van der Waals surface area contributed by atoms with Gasteiger partial charge in [-0.3, -0.25) is 9.69 Å². The fraction of sp³-hybridized carbons (Fsp3) is 0.400. The van der Waals surface area contributed by atoms with Crippen LogP contribution in [-0.4, -0.2) is 35.6 Å². The number of benzene rings is 1. The molecule has 1 N–H and O–H groups in total. The van der Waals surface area contributed by atoms with E-state index in [-0.39, 0.29) is 11.8 Å². The molecule has 3 heteroatoms. The first-order chi connectivity index (χ1) is 8.66. The third kappa shape index (κ3) is 3.12. The fourth-order valence-electron chi connectivity index (χ4n) is 2.29. The summed E-state index contributed by atoms with van der Waals surface area (Å²) in [5.41, 5.74) is 1.000. The molecule has 1 saturated heterocycles. The van der Waals surface area contributed by atoms with Crippen molar-refractivity contribution >= 4 is 5.97 Å². The van der Waals surface area contributed by atoms with Crippen LogP contribution in [0.4, 0.5) is 0 Å². The Labute approximate surface area is 107 Å². The summed E-state index contributed by atoms with van der Waals surface area (Å²) < 4.78 is 0. The molecule has 0 unspecified atom stereocenters. The molecule has 1 heterocycles. The van der Waals surface area contributed by atoms with Gasteiger partial charge in [0.25, 0.3) is 0 Å². The molecule has 0 amide bonds. The molecule has 1 aliphatic heterocycles. The Kier molecular flexibility index (Phi) is 4.01. The van der Waals surface area contributed by atoms with Gasteiger partial charge in [0.2, 0.25) is 0 Å². The van der Waals surface area contributed by atoms with Gasteiger partial charge in [0, 0.05) is 18.7 Å². The number of carboxylic acid groups (broad SMARTS) is 1. The van der Waals surface area contributed by atoms with Crippen molar-refractivity contribution in [2.45, 2.75) is 6.92 Å². The smallest absolute Gasteiger partial charge is 0.308 e. The zero-order valence-corrected chi connectivity index (χ0v) is 10.5. The molecular weight excluding hydrogens is 226 g/mol. The van der Waals surface area contributed by atoms with E-state index < -0.39 is 5.97 Å². The van der Waals surface area contributed by atoms with Crippen LogP contribution in [0.15, 0.2) is 30.3 Å². The van der Waals surface area contributed by atoms with E-state index in [1.165, 1.54) is 0 Å². The van der Waals surface area contributed by atoms with E-state index >= 15 is 0 Å². The highest BCUT2D eigenvalue weighted by Gasteiger charge is 2.33. The number of nitrogens with zero attached hydrogens (tertiary/aromatic N) is 1. The van der Waals surface area contributed by atoms with Crippen molar-refractivity contribution in [1.29, 1.82) is 0 Å². The van der Waals surface area contributed by atoms with Gasteiger partial charge in [0.15, 0.2) is 0 Å². The first kappa shape index (κ1) is 12.7. The van der Waals surface area contributed by atoms with Crippen molar-refractivity contribution in [1.82, 2.24) is 4.90 Å². The molecule has 3 nitrogen and oxygen atoms in total. The number of aliphatic carboxylic acids is 1. The van der Waals surface area contributed by atoms with Gasteiger partial charge in [-0.2, -0.15) is 0 Å². The molecule has 1 aliphatic rings. The lowest BCUT2D eigenvalue weighted by molar-refractivity contribution is -0.142. The lowest BCUT2D eigenvalue weighted by Gasteiger charge is -2.09. The zero-order valence-electron chi connectivity index (χ0n) is 10.5. The molecule has 0 bridgehead atoms. The minimum atomic E-state index is -0.694. The molecule has 1 fully saturated rings. The van der Waals surface area contributed by atoms with E-state index in [9.17, 15) is 4.79 Å². The van der Waals surface area contributed by atoms with E-state index in [2.05, 4.69) is 16.7 Å². The number of rotatable bonds is 2. The first-order valence-corrected chi connectivity index (χ1v) is 6.16. The normalized spacial score (nSPS) is 23.4. The van der Waals surface area contributed by atoms with Gasteiger partial charge < -0.3 is 5.11 Å². The van der Waals surface area contributed by atoms with Gasteiger partial charge in [-0.1, -0.05) is 37.0 Å². The Hall–Kier alpha value is -1.79. The molecular formula is C15H17NO2. The van der Waals surface area contributed by atoms with E-state index in [1.54, 1.807) is 0 Å². The molecule has 1 aromatic carbocycles. The van der Waals surface area contributed by atoms with Crippen LogP contribution in [0.3, 0.4) is 0 Å². The summed E-state index contributed by atoms with van der Waals surface area (Å²) in [4.78, 5) is 13.1. The predicted octanol–water partition coefficient (Wildman–Crippen LogP) is 1.69. The Morgan fingerprint density at radius 3 is 2.72 bits per heavy atom. The average Bonchev–Trinajstić information content (AvgIpc) is 2.72. The van der Waals surface area contributed by atoms with Gasteiger partial charge in [-0.05, 0) is 18.1 Å². The fourth-order valence-corrected chi connectivity index (χ4v) is 2.29. The number of carbonyl (C=O) groups is 1. The predicted molar refractivity (Wildman–Crippen MR) is 70.0 cm³/mol. The largest absolute Gasteiger partial charge is 0.481 e. The van der Waals surface area contributed by atoms with Gasteiger partial charge >= 0.3 is 5.97 Å². The van der Waals surface area contributed by atoms with Crippen molar-refractivity contribution in [2.75, 3.05) is 19.6 Å². The van der Waals surface area contributed by atoms with Crippen molar-refractivity contribution in [3.05, 3.63) is 35.9 Å². The summed E-state index contributed by atoms with van der Waals surface area (Å²) >= 11 is 0. The summed E-state index contributed by atoms with van der Waals surface area (Å²) in [7, 11) is 0. The summed E-state index contributed by atoms with van der Waals surface area (Å²) in [6.07, 6.45) is 0. The first-order valence-electron chi connectivity index (χ1n) is 6.16. The number of likely N-dealkylation sites (tertiary alicyclic amines) is 1. The van der Waals surface area contributed by atoms with Gasteiger partial charge in [0.1, 0.15) is 0 Å². The van der Waals surface area contributed by atoms with Crippen LogP contribution < -0.4 is 0 Å². The van der Waals surface area contributed by atoms with Crippen LogP contribution in [0.25, 0.3) is 0 Å². The highest BCUT2D eigenvalue weighted by Crippen LogP contribution is 2.22. The van der Waals surface area contributed by atoms with Gasteiger partial charge in [-0.25, -0.2) is 0 Å². The van der Waals surface area contributed by atoms with Crippen LogP contribution >= 0.6 is 0 Å². The Morgan fingerprint density at radius 2 is 2.11 bits per heavy atom. The van der Waals surface area contributed by atoms with Crippen LogP contribution in [-0.2, 0) is 4.79 Å². The lowest BCUT2D eigenvalue weighted by Crippen LogP contribution is -2.23. The molecule has 0 saturated carbocycles. The minimum absolute atomic E-state index is 0.209. The Morgan fingerprint density at radius 1 is 1.39 bits per heavy atom. The van der Waals surface area contributed by atoms with Crippen LogP contribution in [0.1, 0.15) is 12.5 Å². The summed E-state index contributed by atoms with van der Waals surface area (Å²) in [5.74, 6) is 5.47. The van der Waals surface area contributed by atoms with Crippen LogP contribution in [0.2, 0.25) is 0 Å². The van der Waals surface area contributed by atoms with Crippen molar-refractivity contribution in [2.24, 2.45) is 11.8 Å². The maximum absolute atomic E-state index is 11.0.